The lowest BCUT2D eigenvalue weighted by molar-refractivity contribution is 0.212. The van der Waals surface area contributed by atoms with Gasteiger partial charge in [0.15, 0.2) is 0 Å². The van der Waals surface area contributed by atoms with Crippen molar-refractivity contribution in [3.05, 3.63) is 48.6 Å². The molecule has 4 heteroatoms. The fourth-order valence-electron chi connectivity index (χ4n) is 1.86. The predicted octanol–water partition coefficient (Wildman–Crippen LogP) is 4.57. The van der Waals surface area contributed by atoms with E-state index in [0.29, 0.717) is 19.6 Å². The van der Waals surface area contributed by atoms with Gasteiger partial charge in [-0.15, -0.1) is 6.58 Å². The van der Waals surface area contributed by atoms with Gasteiger partial charge >= 0.3 is 7.60 Å². The molecule has 0 aliphatic rings. The highest BCUT2D eigenvalue weighted by Gasteiger charge is 2.35. The molecule has 3 nitrogen and oxygen atoms in total. The molecule has 0 saturated carbocycles. The predicted molar refractivity (Wildman–Crippen MR) is 74.9 cm³/mol. The van der Waals surface area contributed by atoms with Crippen LogP contribution in [0, 0.1) is 0 Å². The number of benzene rings is 1. The first-order valence-electron chi connectivity index (χ1n) is 6.22. The van der Waals surface area contributed by atoms with E-state index >= 15 is 0 Å². The highest BCUT2D eigenvalue weighted by Crippen LogP contribution is 2.62. The van der Waals surface area contributed by atoms with Gasteiger partial charge < -0.3 is 9.05 Å². The maximum Gasteiger partial charge on any atom is 0.338 e. The Morgan fingerprint density at radius 3 is 2.22 bits per heavy atom. The summed E-state index contributed by atoms with van der Waals surface area (Å²) < 4.78 is 23.7. The molecule has 1 aromatic rings. The Hall–Kier alpha value is -0.890. The van der Waals surface area contributed by atoms with Gasteiger partial charge in [0.25, 0.3) is 0 Å². The molecule has 0 aliphatic carbocycles. The Balaban J connectivity index is 3.08. The quantitative estimate of drug-likeness (QED) is 0.511. The van der Waals surface area contributed by atoms with Crippen LogP contribution in [0.2, 0.25) is 0 Å². The van der Waals surface area contributed by atoms with Crippen LogP contribution in [0.25, 0.3) is 0 Å². The third kappa shape index (κ3) is 3.81. The smallest absolute Gasteiger partial charge is 0.308 e. The SMILES string of the molecule is C=CCC(c1ccccc1)P(=O)(OCC)OCC. The van der Waals surface area contributed by atoms with E-state index in [1.165, 1.54) is 0 Å². The van der Waals surface area contributed by atoms with E-state index in [-0.39, 0.29) is 5.66 Å². The van der Waals surface area contributed by atoms with Crippen molar-refractivity contribution in [1.82, 2.24) is 0 Å². The number of hydrogen-bond donors (Lipinski definition) is 0. The average molecular weight is 268 g/mol. The Labute approximate surface area is 109 Å². The van der Waals surface area contributed by atoms with Crippen LogP contribution < -0.4 is 0 Å². The van der Waals surface area contributed by atoms with Crippen molar-refractivity contribution in [1.29, 1.82) is 0 Å². The molecule has 0 spiro atoms. The Bertz CT molecular complexity index is 393. The van der Waals surface area contributed by atoms with Crippen molar-refractivity contribution in [3.8, 4) is 0 Å². The summed E-state index contributed by atoms with van der Waals surface area (Å²) in [5.41, 5.74) is 0.679. The minimum Gasteiger partial charge on any atom is -0.308 e. The first-order valence-corrected chi connectivity index (χ1v) is 7.83. The topological polar surface area (TPSA) is 35.5 Å². The Morgan fingerprint density at radius 2 is 1.78 bits per heavy atom. The molecule has 0 saturated heterocycles. The zero-order valence-corrected chi connectivity index (χ0v) is 11.9. The van der Waals surface area contributed by atoms with Gasteiger partial charge in [-0.2, -0.15) is 0 Å². The Morgan fingerprint density at radius 1 is 1.22 bits per heavy atom. The fourth-order valence-corrected chi connectivity index (χ4v) is 3.96. The van der Waals surface area contributed by atoms with Crippen LogP contribution in [-0.4, -0.2) is 13.2 Å². The highest BCUT2D eigenvalue weighted by atomic mass is 31.2. The van der Waals surface area contributed by atoms with Gasteiger partial charge in [0.1, 0.15) is 0 Å². The molecule has 1 rings (SSSR count). The van der Waals surface area contributed by atoms with Crippen LogP contribution in [0.4, 0.5) is 0 Å². The molecule has 0 amide bonds. The van der Waals surface area contributed by atoms with Crippen LogP contribution >= 0.6 is 7.60 Å². The number of hydrogen-bond acceptors (Lipinski definition) is 3. The monoisotopic (exact) mass is 268 g/mol. The second-order valence-corrected chi connectivity index (χ2v) is 6.05. The minimum absolute atomic E-state index is 0.281. The molecular formula is C14H21O3P. The highest BCUT2D eigenvalue weighted by molar-refractivity contribution is 7.54. The van der Waals surface area contributed by atoms with Gasteiger partial charge in [0.05, 0.1) is 18.9 Å². The van der Waals surface area contributed by atoms with Gasteiger partial charge in [-0.05, 0) is 25.8 Å². The van der Waals surface area contributed by atoms with Crippen molar-refractivity contribution >= 4 is 7.60 Å². The molecule has 1 unspecified atom stereocenters. The molecule has 0 N–H and O–H groups in total. The molecule has 18 heavy (non-hydrogen) atoms. The van der Waals surface area contributed by atoms with Crippen LogP contribution in [0.3, 0.4) is 0 Å². The summed E-state index contributed by atoms with van der Waals surface area (Å²) in [5.74, 6) is 0. The molecule has 0 aliphatic heterocycles. The van der Waals surface area contributed by atoms with E-state index < -0.39 is 7.60 Å². The summed E-state index contributed by atoms with van der Waals surface area (Å²) in [6, 6.07) is 9.67. The molecule has 0 fully saturated rings. The van der Waals surface area contributed by atoms with Gasteiger partial charge in [0.2, 0.25) is 0 Å². The van der Waals surface area contributed by atoms with Crippen molar-refractivity contribution in [2.24, 2.45) is 0 Å². The third-order valence-corrected chi connectivity index (χ3v) is 5.08. The minimum atomic E-state index is -3.14. The standard InChI is InChI=1S/C14H21O3P/c1-4-10-14(13-11-8-7-9-12-13)18(15,16-5-2)17-6-3/h4,7-9,11-12,14H,1,5-6,10H2,2-3H3. The molecular weight excluding hydrogens is 247 g/mol. The summed E-state index contributed by atoms with van der Waals surface area (Å²) in [5, 5.41) is 0. The Kier molecular flexibility index (Phi) is 6.34. The van der Waals surface area contributed by atoms with Gasteiger partial charge in [-0.3, -0.25) is 4.57 Å². The maximum atomic E-state index is 12.8. The molecule has 1 atom stereocenters. The zero-order chi connectivity index (χ0) is 13.4. The second kappa shape index (κ2) is 7.52. The lowest BCUT2D eigenvalue weighted by Crippen LogP contribution is -2.06. The lowest BCUT2D eigenvalue weighted by atomic mass is 10.1. The molecule has 0 aromatic heterocycles. The molecule has 100 valence electrons. The maximum absolute atomic E-state index is 12.8. The molecule has 0 bridgehead atoms. The largest absolute Gasteiger partial charge is 0.338 e. The molecule has 0 radical (unpaired) electrons. The second-order valence-electron chi connectivity index (χ2n) is 3.83. The van der Waals surface area contributed by atoms with Crippen LogP contribution in [0.5, 0.6) is 0 Å². The summed E-state index contributed by atoms with van der Waals surface area (Å²) in [6.45, 7) is 8.12. The zero-order valence-electron chi connectivity index (χ0n) is 11.0. The van der Waals surface area contributed by atoms with E-state index in [1.807, 2.05) is 44.2 Å². The normalized spacial score (nSPS) is 13.2. The van der Waals surface area contributed by atoms with Crippen molar-refractivity contribution in [2.75, 3.05) is 13.2 Å². The van der Waals surface area contributed by atoms with Gasteiger partial charge in [-0.1, -0.05) is 36.4 Å². The van der Waals surface area contributed by atoms with E-state index in [1.54, 1.807) is 6.08 Å². The van der Waals surface area contributed by atoms with E-state index in [4.69, 9.17) is 9.05 Å². The van der Waals surface area contributed by atoms with Gasteiger partial charge in [0, 0.05) is 0 Å². The number of rotatable bonds is 8. The van der Waals surface area contributed by atoms with E-state index in [2.05, 4.69) is 6.58 Å². The van der Waals surface area contributed by atoms with Crippen molar-refractivity contribution in [2.45, 2.75) is 25.9 Å². The number of allylic oxidation sites excluding steroid dienone is 1. The van der Waals surface area contributed by atoms with Gasteiger partial charge in [-0.25, -0.2) is 0 Å². The van der Waals surface area contributed by atoms with Crippen LogP contribution in [0.1, 0.15) is 31.5 Å². The fraction of sp³-hybridized carbons (Fsp3) is 0.429. The summed E-state index contributed by atoms with van der Waals surface area (Å²) in [7, 11) is -3.14. The average Bonchev–Trinajstić information content (AvgIpc) is 2.37. The van der Waals surface area contributed by atoms with Crippen LogP contribution in [-0.2, 0) is 13.6 Å². The first kappa shape index (κ1) is 15.2. The van der Waals surface area contributed by atoms with Crippen molar-refractivity contribution < 1.29 is 13.6 Å². The lowest BCUT2D eigenvalue weighted by Gasteiger charge is -2.25. The summed E-state index contributed by atoms with van der Waals surface area (Å²) in [6.07, 6.45) is 2.32. The molecule has 1 aromatic carbocycles. The third-order valence-electron chi connectivity index (χ3n) is 2.57. The molecule has 0 heterocycles. The van der Waals surface area contributed by atoms with Crippen LogP contribution in [0.15, 0.2) is 43.0 Å². The van der Waals surface area contributed by atoms with E-state index in [9.17, 15) is 4.57 Å². The summed E-state index contributed by atoms with van der Waals surface area (Å²) >= 11 is 0. The van der Waals surface area contributed by atoms with E-state index in [0.717, 1.165) is 5.56 Å². The first-order chi connectivity index (χ1) is 8.68. The van der Waals surface area contributed by atoms with Crippen molar-refractivity contribution in [3.63, 3.8) is 0 Å². The summed E-state index contributed by atoms with van der Waals surface area (Å²) in [4.78, 5) is 0.